The van der Waals surface area contributed by atoms with Crippen LogP contribution in [0, 0.1) is 13.8 Å². The molecule has 0 aliphatic heterocycles. The summed E-state index contributed by atoms with van der Waals surface area (Å²) in [4.78, 5) is 0. The van der Waals surface area contributed by atoms with Gasteiger partial charge in [-0.15, -0.1) is 22.0 Å². The molecule has 0 aliphatic rings. The molecule has 0 aromatic carbocycles. The van der Waals surface area contributed by atoms with E-state index >= 15 is 0 Å². The topological polar surface area (TPSA) is 46.0 Å². The Morgan fingerprint density at radius 2 is 2.00 bits per heavy atom. The second-order valence-corrected chi connectivity index (χ2v) is 5.27. The number of aliphatic hydroxyl groups excluding tert-OH is 1. The molecule has 3 nitrogen and oxygen atoms in total. The maximum absolute atomic E-state index is 8.81. The molecule has 5 heteroatoms. The Labute approximate surface area is 99.2 Å². The lowest BCUT2D eigenvalue weighted by Crippen LogP contribution is -2.03. The van der Waals surface area contributed by atoms with Crippen molar-refractivity contribution in [1.29, 1.82) is 0 Å². The highest BCUT2D eigenvalue weighted by atomic mass is 35.5. The van der Waals surface area contributed by atoms with Gasteiger partial charge in [0.25, 0.3) is 0 Å². The number of aliphatic hydroxyl groups is 1. The number of rotatable bonds is 4. The van der Waals surface area contributed by atoms with Crippen LogP contribution < -0.4 is 0 Å². The van der Waals surface area contributed by atoms with E-state index in [2.05, 4.69) is 17.1 Å². The Bertz CT molecular complexity index is 346. The molecular weight excluding hydrogens is 232 g/mol. The Balaban J connectivity index is 2.82. The molecule has 15 heavy (non-hydrogen) atoms. The SMILES string of the molecule is Cc1c(Cl)nnc(SC(C)CCO)c1C. The third-order valence-corrected chi connectivity index (χ3v) is 3.88. The fourth-order valence-corrected chi connectivity index (χ4v) is 2.30. The summed E-state index contributed by atoms with van der Waals surface area (Å²) in [6.45, 7) is 6.19. The number of hydrogen-bond acceptors (Lipinski definition) is 4. The standard InChI is InChI=1S/C10H15ClN2OS/c1-6(4-5-14)15-10-8(3)7(2)9(11)12-13-10/h6,14H,4-5H2,1-3H3. The summed E-state index contributed by atoms with van der Waals surface area (Å²) in [5.41, 5.74) is 2.05. The average Bonchev–Trinajstić information content (AvgIpc) is 2.20. The molecule has 0 amide bonds. The lowest BCUT2D eigenvalue weighted by molar-refractivity contribution is 0.289. The summed E-state index contributed by atoms with van der Waals surface area (Å²) in [7, 11) is 0. The summed E-state index contributed by atoms with van der Waals surface area (Å²) in [6.07, 6.45) is 0.757. The first kappa shape index (κ1) is 12.7. The molecule has 1 aromatic rings. The van der Waals surface area contributed by atoms with Crippen molar-refractivity contribution in [2.24, 2.45) is 0 Å². The van der Waals surface area contributed by atoms with Crippen LogP contribution >= 0.6 is 23.4 Å². The van der Waals surface area contributed by atoms with E-state index in [9.17, 15) is 0 Å². The molecule has 1 atom stereocenters. The van der Waals surface area contributed by atoms with Crippen molar-refractivity contribution >= 4 is 23.4 Å². The van der Waals surface area contributed by atoms with E-state index in [0.717, 1.165) is 22.6 Å². The van der Waals surface area contributed by atoms with Crippen molar-refractivity contribution in [3.63, 3.8) is 0 Å². The highest BCUT2D eigenvalue weighted by Crippen LogP contribution is 2.28. The quantitative estimate of drug-likeness (QED) is 0.830. The van der Waals surface area contributed by atoms with Crippen molar-refractivity contribution in [2.45, 2.75) is 37.5 Å². The van der Waals surface area contributed by atoms with Crippen molar-refractivity contribution < 1.29 is 5.11 Å². The molecule has 0 saturated carbocycles. The second-order valence-electron chi connectivity index (χ2n) is 3.49. The normalized spacial score (nSPS) is 12.9. The zero-order valence-electron chi connectivity index (χ0n) is 9.12. The first-order chi connectivity index (χ1) is 7.06. The van der Waals surface area contributed by atoms with E-state index in [0.29, 0.717) is 10.4 Å². The summed E-state index contributed by atoms with van der Waals surface area (Å²) >= 11 is 7.49. The molecule has 0 spiro atoms. The molecular formula is C10H15ClN2OS. The van der Waals surface area contributed by atoms with Gasteiger partial charge in [-0.1, -0.05) is 18.5 Å². The molecule has 84 valence electrons. The van der Waals surface area contributed by atoms with E-state index in [-0.39, 0.29) is 6.61 Å². The number of thioether (sulfide) groups is 1. The van der Waals surface area contributed by atoms with Crippen molar-refractivity contribution in [1.82, 2.24) is 10.2 Å². The summed E-state index contributed by atoms with van der Waals surface area (Å²) in [6, 6.07) is 0. The first-order valence-corrected chi connectivity index (χ1v) is 6.09. The number of halogens is 1. The molecule has 1 aromatic heterocycles. The predicted molar refractivity (Wildman–Crippen MR) is 63.5 cm³/mol. The Hall–Kier alpha value is -0.320. The number of nitrogens with zero attached hydrogens (tertiary/aromatic N) is 2. The molecule has 0 aliphatic carbocycles. The van der Waals surface area contributed by atoms with E-state index in [1.807, 2.05) is 13.8 Å². The van der Waals surface area contributed by atoms with Gasteiger partial charge in [-0.25, -0.2) is 0 Å². The molecule has 1 unspecified atom stereocenters. The van der Waals surface area contributed by atoms with Gasteiger partial charge in [0.05, 0.1) is 0 Å². The first-order valence-electron chi connectivity index (χ1n) is 4.83. The van der Waals surface area contributed by atoms with Gasteiger partial charge in [0.2, 0.25) is 0 Å². The third-order valence-electron chi connectivity index (χ3n) is 2.27. The van der Waals surface area contributed by atoms with Crippen molar-refractivity contribution in [2.75, 3.05) is 6.61 Å². The van der Waals surface area contributed by atoms with Crippen LogP contribution in [0.1, 0.15) is 24.5 Å². The smallest absolute Gasteiger partial charge is 0.154 e. The molecule has 0 bridgehead atoms. The molecule has 0 radical (unpaired) electrons. The largest absolute Gasteiger partial charge is 0.396 e. The van der Waals surface area contributed by atoms with E-state index in [1.54, 1.807) is 11.8 Å². The summed E-state index contributed by atoms with van der Waals surface area (Å²) < 4.78 is 0. The summed E-state index contributed by atoms with van der Waals surface area (Å²) in [5.74, 6) is 0. The van der Waals surface area contributed by atoms with Crippen molar-refractivity contribution in [3.8, 4) is 0 Å². The van der Waals surface area contributed by atoms with Crippen LogP contribution in [0.15, 0.2) is 5.03 Å². The highest BCUT2D eigenvalue weighted by molar-refractivity contribution is 7.99. The Kier molecular flexibility index (Phi) is 4.83. The minimum Gasteiger partial charge on any atom is -0.396 e. The summed E-state index contributed by atoms with van der Waals surface area (Å²) in [5, 5.41) is 18.5. The Morgan fingerprint density at radius 3 is 2.60 bits per heavy atom. The maximum Gasteiger partial charge on any atom is 0.154 e. The second kappa shape index (κ2) is 5.68. The highest BCUT2D eigenvalue weighted by Gasteiger charge is 2.11. The van der Waals surface area contributed by atoms with E-state index in [1.165, 1.54) is 0 Å². The maximum atomic E-state index is 8.81. The fourth-order valence-electron chi connectivity index (χ4n) is 1.10. The van der Waals surface area contributed by atoms with E-state index in [4.69, 9.17) is 16.7 Å². The van der Waals surface area contributed by atoms with Gasteiger partial charge in [-0.3, -0.25) is 0 Å². The van der Waals surface area contributed by atoms with Gasteiger partial charge in [-0.2, -0.15) is 0 Å². The minimum atomic E-state index is 0.202. The molecule has 1 N–H and O–H groups in total. The molecule has 0 saturated heterocycles. The monoisotopic (exact) mass is 246 g/mol. The van der Waals surface area contributed by atoms with Gasteiger partial charge >= 0.3 is 0 Å². The third kappa shape index (κ3) is 3.33. The lowest BCUT2D eigenvalue weighted by Gasteiger charge is -2.11. The van der Waals surface area contributed by atoms with Crippen LogP contribution in [0.2, 0.25) is 5.15 Å². The number of hydrogen-bond donors (Lipinski definition) is 1. The van der Waals surface area contributed by atoms with Gasteiger partial charge in [0, 0.05) is 11.9 Å². The fraction of sp³-hybridized carbons (Fsp3) is 0.600. The van der Waals surface area contributed by atoms with Crippen LogP contribution in [-0.4, -0.2) is 27.2 Å². The average molecular weight is 247 g/mol. The van der Waals surface area contributed by atoms with Gasteiger partial charge in [-0.05, 0) is 31.4 Å². The lowest BCUT2D eigenvalue weighted by atomic mass is 10.2. The number of aromatic nitrogens is 2. The zero-order valence-corrected chi connectivity index (χ0v) is 10.7. The predicted octanol–water partition coefficient (Wildman–Crippen LogP) is 2.61. The van der Waals surface area contributed by atoms with Crippen LogP contribution in [0.5, 0.6) is 0 Å². The van der Waals surface area contributed by atoms with Crippen molar-refractivity contribution in [3.05, 3.63) is 16.3 Å². The van der Waals surface area contributed by atoms with Crippen LogP contribution in [0.4, 0.5) is 0 Å². The van der Waals surface area contributed by atoms with Crippen LogP contribution in [-0.2, 0) is 0 Å². The van der Waals surface area contributed by atoms with Crippen LogP contribution in [0.3, 0.4) is 0 Å². The van der Waals surface area contributed by atoms with Crippen LogP contribution in [0.25, 0.3) is 0 Å². The molecule has 1 rings (SSSR count). The van der Waals surface area contributed by atoms with Gasteiger partial charge in [0.1, 0.15) is 5.03 Å². The minimum absolute atomic E-state index is 0.202. The van der Waals surface area contributed by atoms with Gasteiger partial charge in [0.15, 0.2) is 5.15 Å². The van der Waals surface area contributed by atoms with E-state index < -0.39 is 0 Å². The Morgan fingerprint density at radius 1 is 1.33 bits per heavy atom. The molecule has 0 fully saturated rings. The molecule has 1 heterocycles. The van der Waals surface area contributed by atoms with Gasteiger partial charge < -0.3 is 5.11 Å². The zero-order chi connectivity index (χ0) is 11.4.